The fraction of sp³-hybridized carbons (Fsp3) is 0.421. The summed E-state index contributed by atoms with van der Waals surface area (Å²) in [6.07, 6.45) is 2.79. The maximum atomic E-state index is 12.9. The normalized spacial score (nSPS) is 19.6. The second-order valence-corrected chi connectivity index (χ2v) is 17.1. The Morgan fingerprint density at radius 1 is 1.04 bits per heavy atom. The van der Waals surface area contributed by atoms with E-state index >= 15 is 0 Å². The van der Waals surface area contributed by atoms with Crippen molar-refractivity contribution in [3.05, 3.63) is 92.5 Å². The molecule has 1 unspecified atom stereocenters. The Labute approximate surface area is 277 Å². The fourth-order valence-electron chi connectivity index (χ4n) is 7.44. The van der Waals surface area contributed by atoms with Gasteiger partial charge in [-0.1, -0.05) is 39.8 Å². The molecule has 3 aromatic rings. The molecule has 0 aromatic heterocycles. The number of carboxylic acids is 1. The van der Waals surface area contributed by atoms with Gasteiger partial charge in [0, 0.05) is 60.1 Å². The number of aromatic carboxylic acids is 1. The van der Waals surface area contributed by atoms with Crippen LogP contribution >= 0.6 is 0 Å². The SMILES string of the molecule is CC1CC(C)(C)N(C)c2cc3c(cc21)C(c1ccc(C(C)(C)C)cc1C(=O)[O-])=c1cc2c(cc1O3)=[N+](C)C(C)(C)C=C2CS(=O)(=O)O. The van der Waals surface area contributed by atoms with Crippen LogP contribution in [0.25, 0.3) is 11.1 Å². The third-order valence-corrected chi connectivity index (χ3v) is 11.1. The lowest BCUT2D eigenvalue weighted by Crippen LogP contribution is -2.47. The third kappa shape index (κ3) is 5.57. The summed E-state index contributed by atoms with van der Waals surface area (Å²) in [6, 6.07) is 13.5. The minimum atomic E-state index is -4.35. The summed E-state index contributed by atoms with van der Waals surface area (Å²) in [5.41, 5.74) is 5.22. The fourth-order valence-corrected chi connectivity index (χ4v) is 8.07. The first-order valence-electron chi connectivity index (χ1n) is 16.0. The summed E-state index contributed by atoms with van der Waals surface area (Å²) in [5.74, 6) is -0.472. The maximum Gasteiger partial charge on any atom is 0.269 e. The quantitative estimate of drug-likeness (QED) is 0.253. The van der Waals surface area contributed by atoms with Gasteiger partial charge in [0.1, 0.15) is 24.3 Å². The summed E-state index contributed by atoms with van der Waals surface area (Å²) >= 11 is 0. The van der Waals surface area contributed by atoms with E-state index in [1.54, 1.807) is 6.07 Å². The number of likely N-dealkylation sites (N-methyl/N-ethyl adjacent to an activating group) is 1. The van der Waals surface area contributed by atoms with Crippen LogP contribution < -0.4 is 29.9 Å². The largest absolute Gasteiger partial charge is 0.545 e. The van der Waals surface area contributed by atoms with E-state index in [-0.39, 0.29) is 22.4 Å². The van der Waals surface area contributed by atoms with Gasteiger partial charge < -0.3 is 19.5 Å². The standard InChI is InChI=1S/C38H44N2O6S/c1-21-18-37(5,6)39(9)30-16-32-28(14-25(21)30)34(24-12-11-23(36(2,3)4)13-27(24)35(41)42)29-15-26-22(20-47(43,44)45)19-38(7,8)40(10)31(26)17-33(29)46-32/h11-17,19,21H,18,20H2,1-10H3,(H-,41,42,43,44,45). The molecule has 0 saturated carbocycles. The molecule has 0 bridgehead atoms. The summed E-state index contributed by atoms with van der Waals surface area (Å²) in [6.45, 7) is 16.7. The van der Waals surface area contributed by atoms with Crippen molar-refractivity contribution in [3.8, 4) is 11.5 Å². The highest BCUT2D eigenvalue weighted by Gasteiger charge is 2.38. The highest BCUT2D eigenvalue weighted by molar-refractivity contribution is 7.86. The van der Waals surface area contributed by atoms with Crippen LogP contribution in [0.3, 0.4) is 0 Å². The number of ether oxygens (including phenoxy) is 1. The molecule has 0 radical (unpaired) electrons. The van der Waals surface area contributed by atoms with E-state index in [1.807, 2.05) is 76.6 Å². The van der Waals surface area contributed by atoms with Crippen LogP contribution in [0.5, 0.6) is 11.5 Å². The lowest BCUT2D eigenvalue weighted by Gasteiger charge is -2.46. The molecule has 3 heterocycles. The number of carbonyl (C=O) groups excluding carboxylic acids is 1. The number of benzene rings is 3. The summed E-state index contributed by atoms with van der Waals surface area (Å²) in [4.78, 5) is 15.1. The van der Waals surface area contributed by atoms with E-state index in [2.05, 4.69) is 44.9 Å². The van der Waals surface area contributed by atoms with Crippen molar-refractivity contribution < 1.29 is 27.6 Å². The Balaban J connectivity index is 1.77. The Kier molecular flexibility index (Phi) is 7.38. The van der Waals surface area contributed by atoms with E-state index in [9.17, 15) is 22.9 Å². The average molecular weight is 657 g/mol. The van der Waals surface area contributed by atoms with Gasteiger partial charge >= 0.3 is 0 Å². The molecular weight excluding hydrogens is 612 g/mol. The summed E-state index contributed by atoms with van der Waals surface area (Å²) in [7, 11) is -0.329. The summed E-state index contributed by atoms with van der Waals surface area (Å²) in [5, 5.41) is 14.2. The first-order chi connectivity index (χ1) is 21.6. The molecule has 3 aromatic carbocycles. The van der Waals surface area contributed by atoms with Gasteiger partial charge in [0.2, 0.25) is 5.36 Å². The van der Waals surface area contributed by atoms with Crippen LogP contribution in [0, 0.1) is 0 Å². The van der Waals surface area contributed by atoms with Crippen LogP contribution in [-0.4, -0.2) is 49.9 Å². The summed E-state index contributed by atoms with van der Waals surface area (Å²) < 4.78 is 43.1. The van der Waals surface area contributed by atoms with Gasteiger partial charge in [-0.25, -0.2) is 4.58 Å². The molecule has 0 saturated heterocycles. The van der Waals surface area contributed by atoms with E-state index in [0.29, 0.717) is 39.0 Å². The first-order valence-corrected chi connectivity index (χ1v) is 17.6. The van der Waals surface area contributed by atoms with Gasteiger partial charge in [-0.3, -0.25) is 4.55 Å². The molecule has 3 aliphatic rings. The molecular formula is C38H44N2O6S. The van der Waals surface area contributed by atoms with E-state index in [4.69, 9.17) is 4.74 Å². The molecule has 0 spiro atoms. The number of nitrogens with zero attached hydrogens (tertiary/aromatic N) is 2. The van der Waals surface area contributed by atoms with E-state index < -0.39 is 27.4 Å². The second-order valence-electron chi connectivity index (χ2n) is 15.6. The Morgan fingerprint density at radius 3 is 2.34 bits per heavy atom. The zero-order chi connectivity index (χ0) is 34.6. The van der Waals surface area contributed by atoms with Gasteiger partial charge in [-0.2, -0.15) is 8.42 Å². The molecule has 1 N–H and O–H groups in total. The van der Waals surface area contributed by atoms with Gasteiger partial charge in [0.15, 0.2) is 5.54 Å². The minimum absolute atomic E-state index is 0.0694. The van der Waals surface area contributed by atoms with Crippen LogP contribution in [0.15, 0.2) is 48.5 Å². The monoisotopic (exact) mass is 656 g/mol. The van der Waals surface area contributed by atoms with Gasteiger partial charge in [-0.15, -0.1) is 0 Å². The lowest BCUT2D eigenvalue weighted by molar-refractivity contribution is -0.255. The number of anilines is 1. The predicted molar refractivity (Wildman–Crippen MR) is 184 cm³/mol. The van der Waals surface area contributed by atoms with Crippen molar-refractivity contribution in [2.45, 2.75) is 84.2 Å². The molecule has 9 heteroatoms. The number of hydrogen-bond acceptors (Lipinski definition) is 6. The second kappa shape index (κ2) is 10.5. The van der Waals surface area contributed by atoms with E-state index in [1.165, 1.54) is 0 Å². The molecule has 248 valence electrons. The molecule has 47 heavy (non-hydrogen) atoms. The lowest BCUT2D eigenvalue weighted by atomic mass is 9.78. The van der Waals surface area contributed by atoms with Crippen molar-refractivity contribution >= 4 is 32.9 Å². The molecule has 8 nitrogen and oxygen atoms in total. The molecule has 1 atom stereocenters. The third-order valence-electron chi connectivity index (χ3n) is 10.4. The van der Waals surface area contributed by atoms with Crippen LogP contribution in [-0.2, 0) is 15.5 Å². The molecule has 0 fully saturated rings. The zero-order valence-electron chi connectivity index (χ0n) is 28.9. The number of fused-ring (bicyclic) bond motifs is 4. The highest BCUT2D eigenvalue weighted by atomic mass is 32.2. The predicted octanol–water partition coefficient (Wildman–Crippen LogP) is 4.61. The van der Waals surface area contributed by atoms with Gasteiger partial charge in [-0.05, 0) is 78.1 Å². The smallest absolute Gasteiger partial charge is 0.269 e. The van der Waals surface area contributed by atoms with Crippen LogP contribution in [0.2, 0.25) is 0 Å². The van der Waals surface area contributed by atoms with E-state index in [0.717, 1.165) is 34.2 Å². The van der Waals surface area contributed by atoms with Gasteiger partial charge in [0.25, 0.3) is 10.1 Å². The minimum Gasteiger partial charge on any atom is -0.545 e. The van der Waals surface area contributed by atoms with Crippen molar-refractivity contribution in [1.29, 1.82) is 0 Å². The highest BCUT2D eigenvalue weighted by Crippen LogP contribution is 2.48. The first kappa shape index (κ1) is 33.0. The molecule has 3 aliphatic heterocycles. The zero-order valence-corrected chi connectivity index (χ0v) is 29.7. The van der Waals surface area contributed by atoms with Crippen LogP contribution in [0.1, 0.15) is 106 Å². The number of rotatable bonds is 4. The number of hydrogen-bond donors (Lipinski definition) is 1. The Bertz CT molecular complexity index is 2150. The molecule has 0 aliphatic carbocycles. The van der Waals surface area contributed by atoms with Crippen LogP contribution in [0.4, 0.5) is 5.69 Å². The maximum absolute atomic E-state index is 12.9. The van der Waals surface area contributed by atoms with Crippen molar-refractivity contribution in [2.75, 3.05) is 24.7 Å². The average Bonchev–Trinajstić information content (AvgIpc) is 2.94. The van der Waals surface area contributed by atoms with Crippen molar-refractivity contribution in [2.24, 2.45) is 0 Å². The van der Waals surface area contributed by atoms with Gasteiger partial charge in [0.05, 0.1) is 17.6 Å². The molecule has 0 amide bonds. The number of carboxylic acid groups (broad SMARTS) is 1. The van der Waals surface area contributed by atoms with Crippen molar-refractivity contribution in [3.63, 3.8) is 0 Å². The van der Waals surface area contributed by atoms with Crippen molar-refractivity contribution in [1.82, 2.24) is 4.58 Å². The number of carbonyl (C=O) groups is 1. The Morgan fingerprint density at radius 2 is 1.72 bits per heavy atom. The molecule has 6 rings (SSSR count). The Hall–Kier alpha value is -3.95. The topological polar surface area (TPSA) is 110 Å².